The number of aliphatic hydroxyl groups excluding tert-OH is 2. The molecule has 3 aliphatic carbocycles. The van der Waals surface area contributed by atoms with E-state index >= 15 is 0 Å². The number of hydrogen-bond acceptors (Lipinski definition) is 11. The number of ketones is 2. The van der Waals surface area contributed by atoms with E-state index in [0.29, 0.717) is 11.1 Å². The molecule has 12 heteroatoms. The van der Waals surface area contributed by atoms with E-state index in [4.69, 9.17) is 14.9 Å². The fraction of sp³-hybridized carbons (Fsp3) is 0.333. The maximum Gasteiger partial charge on any atom is 0.255 e. The third-order valence-electron chi connectivity index (χ3n) is 9.11. The third kappa shape index (κ3) is 4.43. The van der Waals surface area contributed by atoms with E-state index in [2.05, 4.69) is 4.98 Å². The Kier molecular flexibility index (Phi) is 7.09. The Labute approximate surface area is 258 Å². The van der Waals surface area contributed by atoms with Gasteiger partial charge in [0.25, 0.3) is 5.91 Å². The van der Waals surface area contributed by atoms with E-state index in [1.165, 1.54) is 4.90 Å². The molecule has 5 N–H and O–H groups in total. The summed E-state index contributed by atoms with van der Waals surface area (Å²) in [5.41, 5.74) is 5.10. The van der Waals surface area contributed by atoms with Crippen LogP contribution in [-0.2, 0) is 20.8 Å². The average molecular weight is 615 g/mol. The minimum Gasteiger partial charge on any atom is -0.508 e. The molecule has 12 nitrogen and oxygen atoms in total. The van der Waals surface area contributed by atoms with Gasteiger partial charge in [-0.1, -0.05) is 12.1 Å². The molecule has 1 saturated carbocycles. The van der Waals surface area contributed by atoms with Crippen LogP contribution >= 0.6 is 0 Å². The van der Waals surface area contributed by atoms with Gasteiger partial charge in [-0.25, -0.2) is 4.98 Å². The molecule has 1 heterocycles. The summed E-state index contributed by atoms with van der Waals surface area (Å²) in [5, 5.41) is 34.8. The highest BCUT2D eigenvalue weighted by molar-refractivity contribution is 6.24. The number of methoxy groups -OCH3 is 1. The molecule has 1 aromatic heterocycles. The van der Waals surface area contributed by atoms with Crippen molar-refractivity contribution >= 4 is 52.2 Å². The van der Waals surface area contributed by atoms with Crippen molar-refractivity contribution in [1.29, 1.82) is 0 Å². The van der Waals surface area contributed by atoms with E-state index < -0.39 is 58.0 Å². The molecule has 2 unspecified atom stereocenters. The summed E-state index contributed by atoms with van der Waals surface area (Å²) in [6, 6.07) is 8.14. The monoisotopic (exact) mass is 614 g/mol. The molecule has 3 aliphatic rings. The Hall–Kier alpha value is -4.94. The molecule has 2 aromatic carbocycles. The van der Waals surface area contributed by atoms with Crippen LogP contribution in [0.3, 0.4) is 0 Å². The molecule has 3 aromatic rings. The zero-order valence-electron chi connectivity index (χ0n) is 25.5. The number of Topliss-reactive ketones (excluding diaryl/α,β-unsaturated/α-hetero) is 2. The molecule has 1 fully saturated rings. The summed E-state index contributed by atoms with van der Waals surface area (Å²) in [4.78, 5) is 47.8. The number of likely N-dealkylation sites (N-methyl/N-ethyl adjacent to an activating group) is 1. The SMILES string of the molecule is COc1ccc(/C=C/c2nc3cc(N(C)C)c4c(c3o2)C(O)=C2C(=O)[C@]3(O)C(O)=C(C(N)=O)C(=O)[C@@H](N(C)C)C3CC2C4)cc1. The number of ether oxygens (including phenoxy) is 1. The fourth-order valence-corrected chi connectivity index (χ4v) is 7.05. The number of amides is 1. The van der Waals surface area contributed by atoms with Crippen molar-refractivity contribution in [3.8, 4) is 5.75 Å². The van der Waals surface area contributed by atoms with Gasteiger partial charge in [0.15, 0.2) is 17.0 Å². The summed E-state index contributed by atoms with van der Waals surface area (Å²) < 4.78 is 11.3. The van der Waals surface area contributed by atoms with Gasteiger partial charge in [0.2, 0.25) is 11.7 Å². The van der Waals surface area contributed by atoms with Crippen molar-refractivity contribution in [2.45, 2.75) is 24.5 Å². The van der Waals surface area contributed by atoms with Gasteiger partial charge in [-0.15, -0.1) is 0 Å². The lowest BCUT2D eigenvalue weighted by molar-refractivity contribution is -0.153. The topological polar surface area (TPSA) is 180 Å². The Balaban J connectivity index is 1.52. The number of nitrogens with two attached hydrogens (primary N) is 1. The molecule has 1 amide bonds. The molecular weight excluding hydrogens is 580 g/mol. The molecular formula is C33H34N4O8. The fourth-order valence-electron chi connectivity index (χ4n) is 7.05. The second kappa shape index (κ2) is 10.6. The maximum atomic E-state index is 14.2. The molecule has 0 spiro atoms. The number of fused-ring (bicyclic) bond motifs is 5. The van der Waals surface area contributed by atoms with Gasteiger partial charge in [-0.2, -0.15) is 0 Å². The third-order valence-corrected chi connectivity index (χ3v) is 9.11. The predicted octanol–water partition coefficient (Wildman–Crippen LogP) is 2.64. The minimum absolute atomic E-state index is 0.0585. The molecule has 234 valence electrons. The van der Waals surface area contributed by atoms with Gasteiger partial charge in [-0.3, -0.25) is 19.3 Å². The number of hydrogen-bond donors (Lipinski definition) is 4. The highest BCUT2D eigenvalue weighted by Gasteiger charge is 2.64. The van der Waals surface area contributed by atoms with Crippen molar-refractivity contribution in [3.05, 3.63) is 69.8 Å². The van der Waals surface area contributed by atoms with Crippen LogP contribution in [-0.4, -0.2) is 89.6 Å². The van der Waals surface area contributed by atoms with Gasteiger partial charge >= 0.3 is 0 Å². The molecule has 4 atom stereocenters. The predicted molar refractivity (Wildman–Crippen MR) is 166 cm³/mol. The highest BCUT2D eigenvalue weighted by atomic mass is 16.5. The van der Waals surface area contributed by atoms with Gasteiger partial charge in [-0.05, 0) is 68.3 Å². The van der Waals surface area contributed by atoms with Crippen molar-refractivity contribution in [1.82, 2.24) is 9.88 Å². The van der Waals surface area contributed by atoms with Gasteiger partial charge in [0, 0.05) is 37.3 Å². The lowest BCUT2D eigenvalue weighted by Crippen LogP contribution is -2.65. The van der Waals surface area contributed by atoms with Crippen LogP contribution in [0.1, 0.15) is 29.0 Å². The average Bonchev–Trinajstić information content (AvgIpc) is 3.40. The number of carbonyl (C=O) groups excluding carboxylic acids is 3. The zero-order valence-corrected chi connectivity index (χ0v) is 25.5. The number of nitrogens with zero attached hydrogens (tertiary/aromatic N) is 3. The maximum absolute atomic E-state index is 14.2. The number of aliphatic hydroxyl groups is 3. The minimum atomic E-state index is -2.66. The largest absolute Gasteiger partial charge is 0.508 e. The number of rotatable bonds is 6. The van der Waals surface area contributed by atoms with Gasteiger partial charge in [0.1, 0.15) is 28.4 Å². The normalized spacial score (nSPS) is 24.7. The lowest BCUT2D eigenvalue weighted by atomic mass is 9.57. The first-order valence-electron chi connectivity index (χ1n) is 14.4. The van der Waals surface area contributed by atoms with Crippen LogP contribution in [0.15, 0.2) is 51.7 Å². The molecule has 0 bridgehead atoms. The van der Waals surface area contributed by atoms with Crippen molar-refractivity contribution in [2.24, 2.45) is 17.6 Å². The summed E-state index contributed by atoms with van der Waals surface area (Å²) in [5.74, 6) is -5.26. The number of benzene rings is 2. The van der Waals surface area contributed by atoms with Crippen molar-refractivity contribution < 1.29 is 38.9 Å². The Morgan fingerprint density at radius 3 is 2.42 bits per heavy atom. The molecule has 6 rings (SSSR count). The first-order valence-corrected chi connectivity index (χ1v) is 14.4. The number of anilines is 1. The van der Waals surface area contributed by atoms with E-state index in [9.17, 15) is 29.7 Å². The standard InChI is InChI=1S/C33H34N4O8/c1-36(2)21-14-20-29(45-22(35-20)11-8-15-6-9-17(44-5)10-7-15)24-18(21)12-16-13-19-26(37(3)4)28(39)25(32(34)42)31(41)33(19,43)30(40)23(16)27(24)38/h6-11,14,16,19,26,38,41,43H,12-13H2,1-5H3,(H2,34,42)/b11-8+/t16?,19?,26-,33-/m0/s1. The molecule has 0 aliphatic heterocycles. The van der Waals surface area contributed by atoms with Crippen LogP contribution in [0.2, 0.25) is 0 Å². The van der Waals surface area contributed by atoms with Gasteiger partial charge in [0.05, 0.1) is 18.7 Å². The van der Waals surface area contributed by atoms with E-state index in [-0.39, 0.29) is 35.5 Å². The summed E-state index contributed by atoms with van der Waals surface area (Å²) in [6.07, 6.45) is 3.83. The number of carbonyl (C=O) groups is 3. The Bertz CT molecular complexity index is 1870. The van der Waals surface area contributed by atoms with E-state index in [0.717, 1.165) is 17.0 Å². The molecule has 45 heavy (non-hydrogen) atoms. The second-order valence-electron chi connectivity index (χ2n) is 12.1. The zero-order chi connectivity index (χ0) is 32.5. The van der Waals surface area contributed by atoms with Crippen LogP contribution < -0.4 is 15.4 Å². The van der Waals surface area contributed by atoms with Crippen LogP contribution in [0, 0.1) is 11.8 Å². The number of oxazole rings is 1. The van der Waals surface area contributed by atoms with E-state index in [1.807, 2.05) is 55.4 Å². The summed E-state index contributed by atoms with van der Waals surface area (Å²) in [7, 11) is 8.46. The molecule has 0 saturated heterocycles. The smallest absolute Gasteiger partial charge is 0.255 e. The number of primary amides is 1. The first kappa shape index (κ1) is 30.1. The summed E-state index contributed by atoms with van der Waals surface area (Å²) in [6.45, 7) is 0. The molecule has 0 radical (unpaired) electrons. The highest BCUT2D eigenvalue weighted by Crippen LogP contribution is 2.53. The second-order valence-corrected chi connectivity index (χ2v) is 12.1. The number of aromatic nitrogens is 1. The lowest BCUT2D eigenvalue weighted by Gasteiger charge is -2.50. The van der Waals surface area contributed by atoms with Crippen molar-refractivity contribution in [3.63, 3.8) is 0 Å². The van der Waals surface area contributed by atoms with Crippen LogP contribution in [0.5, 0.6) is 5.75 Å². The Morgan fingerprint density at radius 1 is 1.13 bits per heavy atom. The van der Waals surface area contributed by atoms with Crippen LogP contribution in [0.25, 0.3) is 29.0 Å². The van der Waals surface area contributed by atoms with Crippen molar-refractivity contribution in [2.75, 3.05) is 40.2 Å². The quantitative estimate of drug-likeness (QED) is 0.300. The first-order chi connectivity index (χ1) is 21.3. The summed E-state index contributed by atoms with van der Waals surface area (Å²) >= 11 is 0. The van der Waals surface area contributed by atoms with E-state index in [1.54, 1.807) is 27.3 Å². The van der Waals surface area contributed by atoms with Gasteiger partial charge < -0.3 is 35.1 Å². The Morgan fingerprint density at radius 2 is 1.82 bits per heavy atom. The van der Waals surface area contributed by atoms with Crippen LogP contribution in [0.4, 0.5) is 5.69 Å².